The van der Waals surface area contributed by atoms with Crippen LogP contribution in [0.1, 0.15) is 6.92 Å². The second-order valence-corrected chi connectivity index (χ2v) is 5.54. The first-order valence-electron chi connectivity index (χ1n) is 6.63. The summed E-state index contributed by atoms with van der Waals surface area (Å²) < 4.78 is 0. The number of thioether (sulfide) groups is 1. The average molecular weight is 332 g/mol. The molecule has 0 aliphatic heterocycles. The van der Waals surface area contributed by atoms with Crippen molar-refractivity contribution in [3.05, 3.63) is 30.3 Å². The van der Waals surface area contributed by atoms with E-state index in [0.717, 1.165) is 11.8 Å². The molecule has 2 aromatic rings. The highest BCUT2D eigenvalue weighted by atomic mass is 32.2. The molecule has 0 saturated heterocycles. The second-order valence-electron chi connectivity index (χ2n) is 4.60. The molecule has 0 spiro atoms. The summed E-state index contributed by atoms with van der Waals surface area (Å²) in [6.07, 6.45) is 0. The lowest BCUT2D eigenvalue weighted by Gasteiger charge is -2.07. The minimum Gasteiger partial charge on any atom is -0.383 e. The molecule has 0 fully saturated rings. The zero-order chi connectivity index (χ0) is 16.8. The van der Waals surface area contributed by atoms with Crippen LogP contribution in [-0.2, 0) is 9.59 Å². The van der Waals surface area contributed by atoms with Crippen molar-refractivity contribution < 1.29 is 9.59 Å². The maximum absolute atomic E-state index is 12.0. The Balaban J connectivity index is 1.93. The molecule has 2 amide bonds. The predicted molar refractivity (Wildman–Crippen MR) is 91.0 cm³/mol. The molecule has 1 aromatic carbocycles. The van der Waals surface area contributed by atoms with Gasteiger partial charge in [0.05, 0.1) is 5.75 Å². The number of nitrogens with two attached hydrogens (primary N) is 2. The number of nitrogens with zero attached hydrogens (tertiary/aromatic N) is 2. The van der Waals surface area contributed by atoms with Crippen LogP contribution >= 0.6 is 11.8 Å². The number of hydrogen-bond acceptors (Lipinski definition) is 7. The lowest BCUT2D eigenvalue weighted by Crippen LogP contribution is -2.15. The van der Waals surface area contributed by atoms with Crippen LogP contribution in [0.3, 0.4) is 0 Å². The van der Waals surface area contributed by atoms with Gasteiger partial charge in [-0.1, -0.05) is 17.8 Å². The first-order chi connectivity index (χ1) is 10.9. The Bertz CT molecular complexity index is 717. The normalized spacial score (nSPS) is 10.1. The third-order valence-electron chi connectivity index (χ3n) is 2.54. The van der Waals surface area contributed by atoms with Crippen LogP contribution in [0, 0.1) is 0 Å². The highest BCUT2D eigenvalue weighted by Crippen LogP contribution is 2.18. The Morgan fingerprint density at radius 2 is 1.70 bits per heavy atom. The fraction of sp³-hybridized carbons (Fsp3) is 0.143. The fourth-order valence-corrected chi connectivity index (χ4v) is 2.40. The molecule has 9 heteroatoms. The Kier molecular flexibility index (Phi) is 5.36. The molecule has 0 bridgehead atoms. The zero-order valence-corrected chi connectivity index (χ0v) is 13.2. The Morgan fingerprint density at radius 1 is 1.09 bits per heavy atom. The van der Waals surface area contributed by atoms with Gasteiger partial charge in [-0.2, -0.15) is 0 Å². The minimum absolute atomic E-state index is 0.104. The van der Waals surface area contributed by atoms with Crippen molar-refractivity contribution in [1.29, 1.82) is 0 Å². The van der Waals surface area contributed by atoms with Crippen molar-refractivity contribution in [1.82, 2.24) is 9.97 Å². The van der Waals surface area contributed by atoms with Gasteiger partial charge in [-0.25, -0.2) is 9.97 Å². The molecule has 6 N–H and O–H groups in total. The summed E-state index contributed by atoms with van der Waals surface area (Å²) >= 11 is 1.13. The number of nitrogens with one attached hydrogen (secondary N) is 2. The quantitative estimate of drug-likeness (QED) is 0.479. The molecule has 0 unspecified atom stereocenters. The maximum atomic E-state index is 12.0. The zero-order valence-electron chi connectivity index (χ0n) is 12.4. The summed E-state index contributed by atoms with van der Waals surface area (Å²) in [6, 6.07) is 8.30. The number of aromatic nitrogens is 2. The van der Waals surface area contributed by atoms with Crippen LogP contribution in [0.25, 0.3) is 0 Å². The third-order valence-corrected chi connectivity index (χ3v) is 3.39. The lowest BCUT2D eigenvalue weighted by atomic mass is 10.2. The number of benzene rings is 1. The predicted octanol–water partition coefficient (Wildman–Crippen LogP) is 1.33. The first-order valence-corrected chi connectivity index (χ1v) is 7.61. The van der Waals surface area contributed by atoms with Crippen LogP contribution in [0.15, 0.2) is 35.5 Å². The standard InChI is InChI=1S/C14H16N6O2S/c1-8(21)17-9-3-2-4-10(5-9)18-13(22)7-23-14-19-11(15)6-12(16)20-14/h2-6H,7H2,1H3,(H,17,21)(H,18,22)(H4,15,16,19,20). The molecule has 0 aliphatic rings. The summed E-state index contributed by atoms with van der Waals surface area (Å²) in [7, 11) is 0. The van der Waals surface area contributed by atoms with Gasteiger partial charge in [0.15, 0.2) is 5.16 Å². The second kappa shape index (κ2) is 7.45. The largest absolute Gasteiger partial charge is 0.383 e. The topological polar surface area (TPSA) is 136 Å². The molecule has 1 aromatic heterocycles. The average Bonchev–Trinajstić information content (AvgIpc) is 2.44. The summed E-state index contributed by atoms with van der Waals surface area (Å²) in [5, 5.41) is 5.71. The lowest BCUT2D eigenvalue weighted by molar-refractivity contribution is -0.114. The van der Waals surface area contributed by atoms with Crippen LogP contribution in [0.2, 0.25) is 0 Å². The molecule has 8 nitrogen and oxygen atoms in total. The number of rotatable bonds is 5. The number of nitrogen functional groups attached to an aromatic ring is 2. The fourth-order valence-electron chi connectivity index (χ4n) is 1.73. The van der Waals surface area contributed by atoms with E-state index in [9.17, 15) is 9.59 Å². The monoisotopic (exact) mass is 332 g/mol. The summed E-state index contributed by atoms with van der Waals surface area (Å²) in [4.78, 5) is 30.9. The van der Waals surface area contributed by atoms with E-state index in [1.165, 1.54) is 13.0 Å². The molecule has 120 valence electrons. The Labute approximate surface area is 137 Å². The van der Waals surface area contributed by atoms with Gasteiger partial charge in [0, 0.05) is 24.4 Å². The van der Waals surface area contributed by atoms with E-state index >= 15 is 0 Å². The van der Waals surface area contributed by atoms with E-state index in [1.807, 2.05) is 0 Å². The molecule has 2 rings (SSSR count). The van der Waals surface area contributed by atoms with Gasteiger partial charge in [-0.3, -0.25) is 9.59 Å². The maximum Gasteiger partial charge on any atom is 0.234 e. The van der Waals surface area contributed by atoms with Gasteiger partial charge in [-0.15, -0.1) is 0 Å². The van der Waals surface area contributed by atoms with Crippen molar-refractivity contribution in [3.8, 4) is 0 Å². The Hall–Kier alpha value is -2.81. The molecule has 0 radical (unpaired) electrons. The Morgan fingerprint density at radius 3 is 2.30 bits per heavy atom. The van der Waals surface area contributed by atoms with Crippen LogP contribution in [-0.4, -0.2) is 27.5 Å². The summed E-state index contributed by atoms with van der Waals surface area (Å²) in [5.74, 6) is 0.194. The smallest absolute Gasteiger partial charge is 0.234 e. The molecule has 23 heavy (non-hydrogen) atoms. The van der Waals surface area contributed by atoms with Crippen molar-refractivity contribution in [3.63, 3.8) is 0 Å². The van der Waals surface area contributed by atoms with Crippen molar-refractivity contribution in [2.24, 2.45) is 0 Å². The van der Waals surface area contributed by atoms with Gasteiger partial charge in [0.2, 0.25) is 11.8 Å². The number of hydrogen-bond donors (Lipinski definition) is 4. The van der Waals surface area contributed by atoms with Crippen LogP contribution < -0.4 is 22.1 Å². The van der Waals surface area contributed by atoms with E-state index < -0.39 is 0 Å². The van der Waals surface area contributed by atoms with E-state index in [2.05, 4.69) is 20.6 Å². The van der Waals surface area contributed by atoms with E-state index in [-0.39, 0.29) is 29.2 Å². The minimum atomic E-state index is -0.237. The molecule has 0 aliphatic carbocycles. The number of amides is 2. The van der Waals surface area contributed by atoms with Crippen molar-refractivity contribution >= 4 is 46.6 Å². The number of carbonyl (C=O) groups is 2. The number of anilines is 4. The molecular formula is C14H16N6O2S. The molecule has 0 atom stereocenters. The molecule has 0 saturated carbocycles. The molecule has 1 heterocycles. The van der Waals surface area contributed by atoms with Crippen molar-refractivity contribution in [2.45, 2.75) is 12.1 Å². The van der Waals surface area contributed by atoms with Crippen LogP contribution in [0.5, 0.6) is 0 Å². The van der Waals surface area contributed by atoms with Gasteiger partial charge in [0.1, 0.15) is 11.6 Å². The highest BCUT2D eigenvalue weighted by molar-refractivity contribution is 7.99. The van der Waals surface area contributed by atoms with Gasteiger partial charge in [0.25, 0.3) is 0 Å². The summed E-state index contributed by atoms with van der Waals surface area (Å²) in [5.41, 5.74) is 12.3. The van der Waals surface area contributed by atoms with Crippen LogP contribution in [0.4, 0.5) is 23.0 Å². The summed E-state index contributed by atoms with van der Waals surface area (Å²) in [6.45, 7) is 1.42. The van der Waals surface area contributed by atoms with E-state index in [4.69, 9.17) is 11.5 Å². The van der Waals surface area contributed by atoms with Gasteiger partial charge < -0.3 is 22.1 Å². The highest BCUT2D eigenvalue weighted by Gasteiger charge is 2.07. The van der Waals surface area contributed by atoms with E-state index in [1.54, 1.807) is 24.3 Å². The number of carbonyl (C=O) groups excluding carboxylic acids is 2. The van der Waals surface area contributed by atoms with E-state index in [0.29, 0.717) is 16.5 Å². The van der Waals surface area contributed by atoms with Crippen molar-refractivity contribution in [2.75, 3.05) is 27.9 Å². The third kappa shape index (κ3) is 5.47. The molecular weight excluding hydrogens is 316 g/mol. The first kappa shape index (κ1) is 16.6. The van der Waals surface area contributed by atoms with Gasteiger partial charge in [-0.05, 0) is 18.2 Å². The van der Waals surface area contributed by atoms with Gasteiger partial charge >= 0.3 is 0 Å². The SMILES string of the molecule is CC(=O)Nc1cccc(NC(=O)CSc2nc(N)cc(N)n2)c1.